The predicted octanol–water partition coefficient (Wildman–Crippen LogP) is -0.956. The largest absolute Gasteiger partial charge is 0.480 e. The molecule has 1 rings (SSSR count). The second-order valence-electron chi connectivity index (χ2n) is 7.79. The standard InChI is InChI=1S/C22H33N5O6S2/c1-35-10-9-15(25-19(29)14(23)12-34)20(30)27-17(11-13-5-3-2-4-6-13)21(31)26-16(22(32)33)7-8-18(24)28/h2-6,14-17,34H,7-12,23H2,1H3,(H2,24,28)(H,25,29)(H,26,31)(H,27,30)(H,32,33). The Morgan fingerprint density at radius 1 is 0.943 bits per heavy atom. The fourth-order valence-electron chi connectivity index (χ4n) is 3.01. The third kappa shape index (κ3) is 11.5. The maximum Gasteiger partial charge on any atom is 0.326 e. The van der Waals surface area contributed by atoms with E-state index in [1.54, 1.807) is 30.3 Å². The highest BCUT2D eigenvalue weighted by molar-refractivity contribution is 7.98. The van der Waals surface area contributed by atoms with E-state index < -0.39 is 53.8 Å². The molecule has 8 N–H and O–H groups in total. The number of nitrogens with one attached hydrogen (secondary N) is 3. The van der Waals surface area contributed by atoms with Crippen molar-refractivity contribution in [3.05, 3.63) is 35.9 Å². The predicted molar refractivity (Wildman–Crippen MR) is 137 cm³/mol. The van der Waals surface area contributed by atoms with Crippen LogP contribution in [0.15, 0.2) is 30.3 Å². The van der Waals surface area contributed by atoms with E-state index in [0.29, 0.717) is 5.75 Å². The quantitative estimate of drug-likeness (QED) is 0.134. The number of carbonyl (C=O) groups excluding carboxylic acids is 4. The van der Waals surface area contributed by atoms with Gasteiger partial charge in [-0.25, -0.2) is 4.79 Å². The van der Waals surface area contributed by atoms with Crippen molar-refractivity contribution in [1.29, 1.82) is 0 Å². The number of primary amides is 1. The van der Waals surface area contributed by atoms with Crippen LogP contribution in [0.4, 0.5) is 0 Å². The number of rotatable bonds is 16. The molecule has 11 nitrogen and oxygen atoms in total. The van der Waals surface area contributed by atoms with E-state index in [1.807, 2.05) is 6.26 Å². The van der Waals surface area contributed by atoms with Gasteiger partial charge in [0.25, 0.3) is 0 Å². The maximum absolute atomic E-state index is 13.1. The zero-order valence-electron chi connectivity index (χ0n) is 19.4. The summed E-state index contributed by atoms with van der Waals surface area (Å²) in [5, 5.41) is 17.0. The van der Waals surface area contributed by atoms with Gasteiger partial charge >= 0.3 is 5.97 Å². The van der Waals surface area contributed by atoms with E-state index in [1.165, 1.54) is 11.8 Å². The Bertz CT molecular complexity index is 873. The molecule has 0 bridgehead atoms. The third-order valence-corrected chi connectivity index (χ3v) is 6.02. The smallest absolute Gasteiger partial charge is 0.326 e. The number of benzene rings is 1. The molecule has 0 aliphatic heterocycles. The van der Waals surface area contributed by atoms with Gasteiger partial charge in [-0.1, -0.05) is 30.3 Å². The molecule has 0 aliphatic carbocycles. The van der Waals surface area contributed by atoms with Gasteiger partial charge in [-0.15, -0.1) is 0 Å². The zero-order chi connectivity index (χ0) is 26.4. The number of aliphatic carboxylic acids is 1. The summed E-state index contributed by atoms with van der Waals surface area (Å²) in [6.45, 7) is 0. The lowest BCUT2D eigenvalue weighted by Gasteiger charge is -2.25. The fourth-order valence-corrected chi connectivity index (χ4v) is 3.65. The van der Waals surface area contributed by atoms with Crippen LogP contribution in [0.25, 0.3) is 0 Å². The molecule has 35 heavy (non-hydrogen) atoms. The zero-order valence-corrected chi connectivity index (χ0v) is 21.1. The number of hydrogen-bond acceptors (Lipinski definition) is 8. The van der Waals surface area contributed by atoms with Gasteiger partial charge in [0.2, 0.25) is 23.6 Å². The van der Waals surface area contributed by atoms with Crippen molar-refractivity contribution in [1.82, 2.24) is 16.0 Å². The maximum atomic E-state index is 13.1. The second-order valence-corrected chi connectivity index (χ2v) is 9.14. The van der Waals surface area contributed by atoms with Gasteiger partial charge < -0.3 is 32.5 Å². The topological polar surface area (TPSA) is 194 Å². The first-order valence-electron chi connectivity index (χ1n) is 10.9. The monoisotopic (exact) mass is 527 g/mol. The van der Waals surface area contributed by atoms with E-state index in [0.717, 1.165) is 5.56 Å². The Labute approximate surface area is 213 Å². The highest BCUT2D eigenvalue weighted by atomic mass is 32.2. The van der Waals surface area contributed by atoms with Crippen LogP contribution in [0.5, 0.6) is 0 Å². The third-order valence-electron chi connectivity index (χ3n) is 4.99. The summed E-state index contributed by atoms with van der Waals surface area (Å²) in [5.74, 6) is -3.31. The minimum absolute atomic E-state index is 0.0694. The molecular formula is C22H33N5O6S2. The van der Waals surface area contributed by atoms with Crippen molar-refractivity contribution in [2.24, 2.45) is 11.5 Å². The van der Waals surface area contributed by atoms with Gasteiger partial charge in [-0.3, -0.25) is 19.2 Å². The van der Waals surface area contributed by atoms with E-state index in [-0.39, 0.29) is 31.4 Å². The van der Waals surface area contributed by atoms with E-state index in [4.69, 9.17) is 11.5 Å². The summed E-state index contributed by atoms with van der Waals surface area (Å²) in [6.07, 6.45) is 1.77. The molecule has 0 aliphatic rings. The number of carbonyl (C=O) groups is 5. The van der Waals surface area contributed by atoms with Crippen molar-refractivity contribution in [3.63, 3.8) is 0 Å². The van der Waals surface area contributed by atoms with Crippen LogP contribution in [0, 0.1) is 0 Å². The number of thiol groups is 1. The summed E-state index contributed by atoms with van der Waals surface area (Å²) in [6, 6.07) is 4.45. The lowest BCUT2D eigenvalue weighted by atomic mass is 10.0. The van der Waals surface area contributed by atoms with Gasteiger partial charge in [0.1, 0.15) is 18.1 Å². The van der Waals surface area contributed by atoms with Crippen LogP contribution in [0.3, 0.4) is 0 Å². The first-order valence-corrected chi connectivity index (χ1v) is 12.9. The molecule has 4 atom stereocenters. The van der Waals surface area contributed by atoms with Gasteiger partial charge in [0, 0.05) is 18.6 Å². The summed E-state index contributed by atoms with van der Waals surface area (Å²) >= 11 is 5.47. The molecule has 0 spiro atoms. The normalized spacial score (nSPS) is 14.1. The Morgan fingerprint density at radius 3 is 2.06 bits per heavy atom. The molecule has 0 heterocycles. The minimum atomic E-state index is -1.37. The molecular weight excluding hydrogens is 494 g/mol. The summed E-state index contributed by atoms with van der Waals surface area (Å²) < 4.78 is 0. The van der Waals surface area contributed by atoms with Gasteiger partial charge in [0.15, 0.2) is 0 Å². The number of amides is 4. The number of hydrogen-bond donors (Lipinski definition) is 7. The molecule has 0 radical (unpaired) electrons. The Hall–Kier alpha value is -2.77. The fraction of sp³-hybridized carbons (Fsp3) is 0.500. The first kappa shape index (κ1) is 30.3. The molecule has 0 saturated heterocycles. The van der Waals surface area contributed by atoms with Crippen LogP contribution >= 0.6 is 24.4 Å². The number of carboxylic acid groups (broad SMARTS) is 1. The van der Waals surface area contributed by atoms with Gasteiger partial charge in [-0.2, -0.15) is 24.4 Å². The van der Waals surface area contributed by atoms with Gasteiger partial charge in [0.05, 0.1) is 6.04 Å². The summed E-state index contributed by atoms with van der Waals surface area (Å²) in [5.41, 5.74) is 11.5. The Balaban J connectivity index is 3.08. The average Bonchev–Trinajstić information content (AvgIpc) is 2.83. The van der Waals surface area contributed by atoms with E-state index in [2.05, 4.69) is 28.6 Å². The van der Waals surface area contributed by atoms with Crippen LogP contribution in [0.1, 0.15) is 24.8 Å². The highest BCUT2D eigenvalue weighted by Gasteiger charge is 2.30. The van der Waals surface area contributed by atoms with E-state index in [9.17, 15) is 29.1 Å². The molecule has 4 unspecified atom stereocenters. The van der Waals surface area contributed by atoms with Crippen LogP contribution in [-0.4, -0.2) is 76.6 Å². The molecule has 194 valence electrons. The molecule has 13 heteroatoms. The Morgan fingerprint density at radius 2 is 1.51 bits per heavy atom. The first-order chi connectivity index (χ1) is 16.6. The summed E-state index contributed by atoms with van der Waals surface area (Å²) in [7, 11) is 0. The Kier molecular flexibility index (Phi) is 13.8. The van der Waals surface area contributed by atoms with Crippen molar-refractivity contribution in [3.8, 4) is 0 Å². The van der Waals surface area contributed by atoms with Crippen LogP contribution in [0.2, 0.25) is 0 Å². The number of nitrogens with two attached hydrogens (primary N) is 2. The van der Waals surface area contributed by atoms with Crippen molar-refractivity contribution in [2.75, 3.05) is 17.8 Å². The SMILES string of the molecule is CSCCC(NC(=O)C(N)CS)C(=O)NC(Cc1ccccc1)C(=O)NC(CCC(N)=O)C(=O)O. The molecule has 1 aromatic rings. The molecule has 0 saturated carbocycles. The van der Waals surface area contributed by atoms with Gasteiger partial charge in [-0.05, 0) is 30.4 Å². The molecule has 1 aromatic carbocycles. The van der Waals surface area contributed by atoms with Crippen molar-refractivity contribution >= 4 is 54.0 Å². The van der Waals surface area contributed by atoms with E-state index >= 15 is 0 Å². The average molecular weight is 528 g/mol. The van der Waals surface area contributed by atoms with Crippen LogP contribution in [-0.2, 0) is 30.4 Å². The van der Waals surface area contributed by atoms with Crippen molar-refractivity contribution < 1.29 is 29.1 Å². The lowest BCUT2D eigenvalue weighted by molar-refractivity contribution is -0.142. The molecule has 0 aromatic heterocycles. The number of thioether (sulfide) groups is 1. The highest BCUT2D eigenvalue weighted by Crippen LogP contribution is 2.08. The van der Waals surface area contributed by atoms with Crippen molar-refractivity contribution in [2.45, 2.75) is 49.9 Å². The summed E-state index contributed by atoms with van der Waals surface area (Å²) in [4.78, 5) is 61.0. The number of carboxylic acids is 1. The molecule has 0 fully saturated rings. The lowest BCUT2D eigenvalue weighted by Crippen LogP contribution is -2.58. The minimum Gasteiger partial charge on any atom is -0.480 e. The second kappa shape index (κ2) is 16.0. The molecule has 4 amide bonds. The van der Waals surface area contributed by atoms with Crippen LogP contribution < -0.4 is 27.4 Å².